The third kappa shape index (κ3) is 1.97. The van der Waals surface area contributed by atoms with E-state index in [2.05, 4.69) is 6.07 Å². The van der Waals surface area contributed by atoms with Crippen LogP contribution in [0.4, 0.5) is 8.78 Å². The minimum atomic E-state index is -2.49. The maximum atomic E-state index is 13.5. The SMILES string of the molecule is O=C(N1CCC2(CC1)CC2(F)F)C1(c2cccs2)CCCC1. The van der Waals surface area contributed by atoms with Crippen LogP contribution >= 0.6 is 11.3 Å². The molecule has 3 aliphatic rings. The van der Waals surface area contributed by atoms with Crippen molar-refractivity contribution in [3.8, 4) is 0 Å². The van der Waals surface area contributed by atoms with E-state index in [1.165, 1.54) is 0 Å². The molecule has 1 saturated heterocycles. The lowest BCUT2D eigenvalue weighted by Gasteiger charge is -2.38. The number of likely N-dealkylation sites (tertiary alicyclic amines) is 1. The Labute approximate surface area is 133 Å². The lowest BCUT2D eigenvalue weighted by Crippen LogP contribution is -2.49. The van der Waals surface area contributed by atoms with Crippen molar-refractivity contribution < 1.29 is 13.6 Å². The minimum Gasteiger partial charge on any atom is -0.342 e. The van der Waals surface area contributed by atoms with Gasteiger partial charge in [0.25, 0.3) is 5.92 Å². The lowest BCUT2D eigenvalue weighted by atomic mass is 9.81. The van der Waals surface area contributed by atoms with Crippen molar-refractivity contribution in [3.63, 3.8) is 0 Å². The van der Waals surface area contributed by atoms with Gasteiger partial charge in [-0.15, -0.1) is 11.3 Å². The number of carbonyl (C=O) groups is 1. The summed E-state index contributed by atoms with van der Waals surface area (Å²) < 4.78 is 27.0. The van der Waals surface area contributed by atoms with Gasteiger partial charge in [0.15, 0.2) is 0 Å². The Bertz CT molecular complexity index is 569. The first-order valence-electron chi connectivity index (χ1n) is 8.20. The molecule has 5 heteroatoms. The standard InChI is InChI=1S/C17H21F2NOS/c18-17(19)12-15(17)7-9-20(10-8-15)14(21)16(5-1-2-6-16)13-4-3-11-22-13/h3-4,11H,1-2,5-10,12H2. The summed E-state index contributed by atoms with van der Waals surface area (Å²) in [4.78, 5) is 16.2. The maximum Gasteiger partial charge on any atom is 0.254 e. The molecule has 4 rings (SSSR count). The second kappa shape index (κ2) is 4.76. The van der Waals surface area contributed by atoms with Crippen LogP contribution in [0.2, 0.25) is 0 Å². The first kappa shape index (κ1) is 14.6. The topological polar surface area (TPSA) is 20.3 Å². The highest BCUT2D eigenvalue weighted by molar-refractivity contribution is 7.10. The molecule has 1 aromatic rings. The summed E-state index contributed by atoms with van der Waals surface area (Å²) in [5.74, 6) is -2.30. The van der Waals surface area contributed by atoms with E-state index < -0.39 is 11.3 Å². The van der Waals surface area contributed by atoms with Gasteiger partial charge in [0, 0.05) is 29.8 Å². The number of hydrogen-bond donors (Lipinski definition) is 0. The normalized spacial score (nSPS) is 28.0. The van der Waals surface area contributed by atoms with Crippen LogP contribution in [0, 0.1) is 5.41 Å². The Kier molecular flexibility index (Phi) is 3.16. The molecule has 0 N–H and O–H groups in total. The first-order valence-corrected chi connectivity index (χ1v) is 9.08. The van der Waals surface area contributed by atoms with E-state index >= 15 is 0 Å². The molecular weight excluding hydrogens is 304 g/mol. The molecule has 0 unspecified atom stereocenters. The van der Waals surface area contributed by atoms with Crippen molar-refractivity contribution >= 4 is 17.2 Å². The third-order valence-electron chi connectivity index (χ3n) is 6.08. The van der Waals surface area contributed by atoms with Gasteiger partial charge in [-0.25, -0.2) is 8.78 Å². The fourth-order valence-corrected chi connectivity index (χ4v) is 5.44. The van der Waals surface area contributed by atoms with E-state index in [0.717, 1.165) is 30.6 Å². The third-order valence-corrected chi connectivity index (χ3v) is 7.15. The van der Waals surface area contributed by atoms with Crippen LogP contribution in [0.3, 0.4) is 0 Å². The zero-order chi connectivity index (χ0) is 15.4. The van der Waals surface area contributed by atoms with Crippen LogP contribution in [-0.2, 0) is 10.2 Å². The predicted molar refractivity (Wildman–Crippen MR) is 82.3 cm³/mol. The van der Waals surface area contributed by atoms with Crippen LogP contribution in [0.1, 0.15) is 49.8 Å². The number of hydrogen-bond acceptors (Lipinski definition) is 2. The molecule has 0 bridgehead atoms. The first-order chi connectivity index (χ1) is 10.5. The van der Waals surface area contributed by atoms with E-state index in [-0.39, 0.29) is 17.7 Å². The van der Waals surface area contributed by atoms with Gasteiger partial charge in [-0.05, 0) is 37.1 Å². The molecule has 1 aliphatic heterocycles. The average Bonchev–Trinajstić information content (AvgIpc) is 3.01. The van der Waals surface area contributed by atoms with Gasteiger partial charge >= 0.3 is 0 Å². The number of halogens is 2. The van der Waals surface area contributed by atoms with Gasteiger partial charge in [-0.3, -0.25) is 4.79 Å². The van der Waals surface area contributed by atoms with Gasteiger partial charge in [0.05, 0.1) is 5.41 Å². The van der Waals surface area contributed by atoms with Crippen molar-refractivity contribution in [3.05, 3.63) is 22.4 Å². The van der Waals surface area contributed by atoms with E-state index in [0.29, 0.717) is 25.9 Å². The number of thiophene rings is 1. The second-order valence-electron chi connectivity index (χ2n) is 7.22. The molecule has 2 aliphatic carbocycles. The van der Waals surface area contributed by atoms with Gasteiger partial charge in [0.1, 0.15) is 0 Å². The predicted octanol–water partition coefficient (Wildman–Crippen LogP) is 4.21. The van der Waals surface area contributed by atoms with Crippen molar-refractivity contribution in [1.82, 2.24) is 4.90 Å². The summed E-state index contributed by atoms with van der Waals surface area (Å²) in [5.41, 5.74) is -1.15. The molecule has 120 valence electrons. The molecule has 0 radical (unpaired) electrons. The van der Waals surface area contributed by atoms with Crippen LogP contribution < -0.4 is 0 Å². The van der Waals surface area contributed by atoms with Gasteiger partial charge < -0.3 is 4.90 Å². The molecule has 3 fully saturated rings. The van der Waals surface area contributed by atoms with Crippen molar-refractivity contribution in [1.29, 1.82) is 0 Å². The van der Waals surface area contributed by atoms with Crippen LogP contribution in [0.15, 0.2) is 17.5 Å². The minimum absolute atomic E-state index is 0.0259. The summed E-state index contributed by atoms with van der Waals surface area (Å²) in [6.07, 6.45) is 4.93. The fourth-order valence-electron chi connectivity index (χ4n) is 4.46. The molecule has 0 atom stereocenters. The van der Waals surface area contributed by atoms with Crippen molar-refractivity contribution in [2.24, 2.45) is 5.41 Å². The summed E-state index contributed by atoms with van der Waals surface area (Å²) in [5, 5.41) is 2.03. The molecule has 2 heterocycles. The zero-order valence-corrected chi connectivity index (χ0v) is 13.4. The zero-order valence-electron chi connectivity index (χ0n) is 12.6. The van der Waals surface area contributed by atoms with Gasteiger partial charge in [-0.1, -0.05) is 18.9 Å². The Balaban J connectivity index is 1.52. The lowest BCUT2D eigenvalue weighted by molar-refractivity contribution is -0.139. The Hall–Kier alpha value is -0.970. The summed E-state index contributed by atoms with van der Waals surface area (Å²) in [6, 6.07) is 4.07. The molecule has 0 aromatic carbocycles. The smallest absolute Gasteiger partial charge is 0.254 e. The number of alkyl halides is 2. The molecule has 2 nitrogen and oxygen atoms in total. The van der Waals surface area contributed by atoms with Crippen LogP contribution in [0.5, 0.6) is 0 Å². The van der Waals surface area contributed by atoms with Gasteiger partial charge in [-0.2, -0.15) is 0 Å². The molecule has 1 aromatic heterocycles. The largest absolute Gasteiger partial charge is 0.342 e. The number of piperidine rings is 1. The maximum absolute atomic E-state index is 13.5. The summed E-state index contributed by atoms with van der Waals surface area (Å²) in [6.45, 7) is 1.00. The second-order valence-corrected chi connectivity index (χ2v) is 8.17. The highest BCUT2D eigenvalue weighted by atomic mass is 32.1. The fraction of sp³-hybridized carbons (Fsp3) is 0.706. The number of carbonyl (C=O) groups excluding carboxylic acids is 1. The number of nitrogens with zero attached hydrogens (tertiary/aromatic N) is 1. The van der Waals surface area contributed by atoms with Gasteiger partial charge in [0.2, 0.25) is 5.91 Å². The summed E-state index contributed by atoms with van der Waals surface area (Å²) in [7, 11) is 0. The van der Waals surface area contributed by atoms with E-state index in [1.54, 1.807) is 11.3 Å². The van der Waals surface area contributed by atoms with E-state index in [4.69, 9.17) is 0 Å². The van der Waals surface area contributed by atoms with E-state index in [1.807, 2.05) is 16.3 Å². The average molecular weight is 325 g/mol. The molecule has 1 amide bonds. The van der Waals surface area contributed by atoms with Crippen molar-refractivity contribution in [2.75, 3.05) is 13.1 Å². The molecular formula is C17H21F2NOS. The quantitative estimate of drug-likeness (QED) is 0.798. The number of rotatable bonds is 2. The monoisotopic (exact) mass is 325 g/mol. The van der Waals surface area contributed by atoms with Crippen LogP contribution in [0.25, 0.3) is 0 Å². The highest BCUT2D eigenvalue weighted by Gasteiger charge is 2.71. The number of amides is 1. The van der Waals surface area contributed by atoms with Crippen LogP contribution in [-0.4, -0.2) is 29.8 Å². The summed E-state index contributed by atoms with van der Waals surface area (Å²) >= 11 is 1.66. The Morgan fingerprint density at radius 2 is 1.77 bits per heavy atom. The van der Waals surface area contributed by atoms with Crippen molar-refractivity contribution in [2.45, 2.75) is 56.3 Å². The highest BCUT2D eigenvalue weighted by Crippen LogP contribution is 2.66. The molecule has 1 spiro atoms. The molecule has 2 saturated carbocycles. The molecule has 22 heavy (non-hydrogen) atoms. The van der Waals surface area contributed by atoms with E-state index in [9.17, 15) is 13.6 Å². The Morgan fingerprint density at radius 3 is 2.27 bits per heavy atom. The Morgan fingerprint density at radius 1 is 1.14 bits per heavy atom.